The van der Waals surface area contributed by atoms with Crippen molar-refractivity contribution < 1.29 is 9.53 Å². The largest absolute Gasteiger partial charge is 0.378 e. The maximum absolute atomic E-state index is 13.0. The van der Waals surface area contributed by atoms with Crippen LogP contribution in [-0.4, -0.2) is 55.2 Å². The number of hydrogen-bond donors (Lipinski definition) is 1. The summed E-state index contributed by atoms with van der Waals surface area (Å²) < 4.78 is 6.44. The molecule has 0 radical (unpaired) electrons. The molecule has 1 amide bonds. The second kappa shape index (κ2) is 9.55. The molecule has 1 N–H and O–H groups in total. The van der Waals surface area contributed by atoms with Crippen molar-refractivity contribution >= 4 is 44.5 Å². The minimum Gasteiger partial charge on any atom is -0.378 e. The number of likely N-dealkylation sites (tertiary alicyclic amines) is 1. The minimum absolute atomic E-state index is 0.0555. The number of aryl methyl sites for hydroxylation is 1. The molecule has 1 aromatic heterocycles. The summed E-state index contributed by atoms with van der Waals surface area (Å²) in [5.41, 5.74) is 3.09. The van der Waals surface area contributed by atoms with Gasteiger partial charge in [-0.3, -0.25) is 9.69 Å². The second-order valence-electron chi connectivity index (χ2n) is 7.66. The summed E-state index contributed by atoms with van der Waals surface area (Å²) in [6.45, 7) is 7.93. The number of benzene rings is 1. The maximum Gasteiger partial charge on any atom is 0.227 e. The molecule has 4 rings (SSSR count). The zero-order valence-corrected chi connectivity index (χ0v) is 19.1. The van der Waals surface area contributed by atoms with Crippen LogP contribution in [0.3, 0.4) is 0 Å². The van der Waals surface area contributed by atoms with Crippen LogP contribution in [0.4, 0.5) is 11.4 Å². The van der Waals surface area contributed by atoms with Crippen molar-refractivity contribution in [1.82, 2.24) is 9.88 Å². The smallest absolute Gasteiger partial charge is 0.227 e. The lowest BCUT2D eigenvalue weighted by molar-refractivity contribution is -0.121. The first kappa shape index (κ1) is 20.8. The number of rotatable bonds is 5. The van der Waals surface area contributed by atoms with Crippen LogP contribution in [0.1, 0.15) is 23.5 Å². The first-order valence-corrected chi connectivity index (χ1v) is 11.8. The molecule has 2 aliphatic heterocycles. The Kier molecular flexibility index (Phi) is 6.85. The Bertz CT molecular complexity index is 845. The normalized spacial score (nSPS) is 18.8. The molecule has 8 heteroatoms. The predicted octanol–water partition coefficient (Wildman–Crippen LogP) is 3.90. The van der Waals surface area contributed by atoms with Gasteiger partial charge < -0.3 is 15.0 Å². The van der Waals surface area contributed by atoms with Gasteiger partial charge in [0.25, 0.3) is 0 Å². The molecule has 0 saturated carbocycles. The van der Waals surface area contributed by atoms with Gasteiger partial charge >= 0.3 is 0 Å². The lowest BCUT2D eigenvalue weighted by Crippen LogP contribution is -2.39. The Balaban J connectivity index is 1.35. The van der Waals surface area contributed by atoms with E-state index in [1.807, 2.05) is 19.1 Å². The summed E-state index contributed by atoms with van der Waals surface area (Å²) in [4.78, 5) is 22.2. The molecule has 0 unspecified atom stereocenters. The highest BCUT2D eigenvalue weighted by molar-refractivity contribution is 9.10. The number of thiazole rings is 1. The molecule has 0 aliphatic carbocycles. The molecular weight excluding hydrogens is 452 g/mol. The topological polar surface area (TPSA) is 57.7 Å². The number of morpholine rings is 1. The molecule has 0 atom stereocenters. The lowest BCUT2D eigenvalue weighted by Gasteiger charge is -2.32. The third-order valence-corrected chi connectivity index (χ3v) is 6.89. The number of amides is 1. The Morgan fingerprint density at radius 2 is 2.03 bits per heavy atom. The molecule has 2 saturated heterocycles. The molecule has 156 valence electrons. The van der Waals surface area contributed by atoms with Crippen LogP contribution in [0.2, 0.25) is 0 Å². The van der Waals surface area contributed by atoms with Crippen molar-refractivity contribution in [3.63, 3.8) is 0 Å². The summed E-state index contributed by atoms with van der Waals surface area (Å²) in [6.07, 6.45) is 1.77. The van der Waals surface area contributed by atoms with Crippen LogP contribution in [0.5, 0.6) is 0 Å². The molecule has 6 nitrogen and oxygen atoms in total. The van der Waals surface area contributed by atoms with Crippen LogP contribution in [-0.2, 0) is 16.1 Å². The molecule has 0 bridgehead atoms. The number of halogens is 1. The van der Waals surface area contributed by atoms with Gasteiger partial charge in [-0.2, -0.15) is 0 Å². The lowest BCUT2D eigenvalue weighted by atomic mass is 9.95. The van der Waals surface area contributed by atoms with Gasteiger partial charge in [0, 0.05) is 35.4 Å². The monoisotopic (exact) mass is 478 g/mol. The highest BCUT2D eigenvalue weighted by atomic mass is 79.9. The van der Waals surface area contributed by atoms with E-state index in [0.29, 0.717) is 0 Å². The summed E-state index contributed by atoms with van der Waals surface area (Å²) >= 11 is 5.24. The Morgan fingerprint density at radius 3 is 2.72 bits per heavy atom. The number of anilines is 2. The Hall–Kier alpha value is -1.48. The van der Waals surface area contributed by atoms with E-state index < -0.39 is 0 Å². The van der Waals surface area contributed by atoms with Crippen LogP contribution in [0.25, 0.3) is 0 Å². The fraction of sp³-hybridized carbons (Fsp3) is 0.524. The van der Waals surface area contributed by atoms with Gasteiger partial charge in [-0.15, -0.1) is 11.3 Å². The summed E-state index contributed by atoms with van der Waals surface area (Å²) in [5, 5.41) is 6.45. The number of aromatic nitrogens is 1. The third-order valence-electron chi connectivity index (χ3n) is 5.58. The van der Waals surface area contributed by atoms with E-state index in [4.69, 9.17) is 4.74 Å². The van der Waals surface area contributed by atoms with E-state index in [0.717, 1.165) is 85.3 Å². The van der Waals surface area contributed by atoms with Gasteiger partial charge in [0.1, 0.15) is 0 Å². The summed E-state index contributed by atoms with van der Waals surface area (Å²) in [7, 11) is 0. The number of piperidine rings is 1. The van der Waals surface area contributed by atoms with Crippen LogP contribution < -0.4 is 10.2 Å². The number of carbonyl (C=O) groups is 1. The van der Waals surface area contributed by atoms with Gasteiger partial charge in [-0.25, -0.2) is 4.98 Å². The van der Waals surface area contributed by atoms with Crippen molar-refractivity contribution in [2.75, 3.05) is 49.6 Å². The number of nitrogens with one attached hydrogen (secondary N) is 1. The van der Waals surface area contributed by atoms with Crippen LogP contribution >= 0.6 is 27.3 Å². The number of ether oxygens (including phenoxy) is 1. The average molecular weight is 479 g/mol. The third kappa shape index (κ3) is 5.36. The zero-order chi connectivity index (χ0) is 20.2. The molecule has 1 aromatic carbocycles. The van der Waals surface area contributed by atoms with Crippen LogP contribution in [0, 0.1) is 12.8 Å². The van der Waals surface area contributed by atoms with E-state index >= 15 is 0 Å². The summed E-state index contributed by atoms with van der Waals surface area (Å²) in [6, 6.07) is 6.10. The molecule has 2 aromatic rings. The number of nitrogens with zero attached hydrogens (tertiary/aromatic N) is 3. The number of hydrogen-bond acceptors (Lipinski definition) is 6. The molecule has 29 heavy (non-hydrogen) atoms. The van der Waals surface area contributed by atoms with E-state index in [-0.39, 0.29) is 11.8 Å². The Labute approximate surface area is 184 Å². The summed E-state index contributed by atoms with van der Waals surface area (Å²) in [5.74, 6) is 0.182. The van der Waals surface area contributed by atoms with Gasteiger partial charge in [-0.05, 0) is 51.1 Å². The number of carbonyl (C=O) groups excluding carboxylic acids is 1. The van der Waals surface area contributed by atoms with E-state index in [1.165, 1.54) is 0 Å². The maximum atomic E-state index is 13.0. The SMILES string of the molecule is Cc1nc(CN2CCC(C(=O)Nc3cc(Br)ccc3N3CCOCC3)CC2)cs1. The van der Waals surface area contributed by atoms with Gasteiger partial charge in [-0.1, -0.05) is 15.9 Å². The molecular formula is C21H27BrN4O2S. The van der Waals surface area contributed by atoms with Crippen molar-refractivity contribution in [3.05, 3.63) is 38.8 Å². The van der Waals surface area contributed by atoms with Crippen LogP contribution in [0.15, 0.2) is 28.1 Å². The molecule has 0 spiro atoms. The van der Waals surface area contributed by atoms with Gasteiger partial charge in [0.05, 0.1) is 35.3 Å². The standard InChI is InChI=1S/C21H27BrN4O2S/c1-15-23-18(14-29-15)13-25-6-4-16(5-7-25)21(27)24-19-12-17(22)2-3-20(19)26-8-10-28-11-9-26/h2-3,12,14,16H,4-11,13H2,1H3,(H,24,27). The van der Waals surface area contributed by atoms with E-state index in [9.17, 15) is 4.79 Å². The minimum atomic E-state index is 0.0555. The van der Waals surface area contributed by atoms with Crippen molar-refractivity contribution in [2.24, 2.45) is 5.92 Å². The first-order valence-electron chi connectivity index (χ1n) is 10.1. The molecule has 2 aliphatic rings. The van der Waals surface area contributed by atoms with E-state index in [2.05, 4.69) is 47.5 Å². The highest BCUT2D eigenvalue weighted by Gasteiger charge is 2.26. The van der Waals surface area contributed by atoms with Crippen molar-refractivity contribution in [1.29, 1.82) is 0 Å². The fourth-order valence-corrected chi connectivity index (χ4v) is 4.95. The van der Waals surface area contributed by atoms with Gasteiger partial charge in [0.15, 0.2) is 0 Å². The van der Waals surface area contributed by atoms with Crippen molar-refractivity contribution in [3.8, 4) is 0 Å². The van der Waals surface area contributed by atoms with Gasteiger partial charge in [0.2, 0.25) is 5.91 Å². The molecule has 2 fully saturated rings. The second-order valence-corrected chi connectivity index (χ2v) is 9.64. The quantitative estimate of drug-likeness (QED) is 0.705. The predicted molar refractivity (Wildman–Crippen MR) is 121 cm³/mol. The Morgan fingerprint density at radius 1 is 1.28 bits per heavy atom. The zero-order valence-electron chi connectivity index (χ0n) is 16.7. The van der Waals surface area contributed by atoms with E-state index in [1.54, 1.807) is 11.3 Å². The first-order chi connectivity index (χ1) is 14.1. The average Bonchev–Trinajstić information content (AvgIpc) is 3.14. The van der Waals surface area contributed by atoms with Crippen molar-refractivity contribution in [2.45, 2.75) is 26.3 Å². The highest BCUT2D eigenvalue weighted by Crippen LogP contribution is 2.31. The fourth-order valence-electron chi connectivity index (χ4n) is 3.99. The molecule has 3 heterocycles.